The van der Waals surface area contributed by atoms with E-state index in [1.54, 1.807) is 33.8 Å². The molecule has 0 aromatic carbocycles. The maximum absolute atomic E-state index is 12.8. The van der Waals surface area contributed by atoms with Crippen LogP contribution in [0.15, 0.2) is 16.6 Å². The minimum Gasteiger partial charge on any atom is -0.481 e. The Bertz CT molecular complexity index is 1170. The van der Waals surface area contributed by atoms with Gasteiger partial charge in [0.05, 0.1) is 30.1 Å². The topological polar surface area (TPSA) is 305 Å². The van der Waals surface area contributed by atoms with E-state index >= 15 is 0 Å². The molecule has 1 rings (SSSR count). The summed E-state index contributed by atoms with van der Waals surface area (Å²) in [5.74, 6) is -5.88. The van der Waals surface area contributed by atoms with Crippen LogP contribution in [0.25, 0.3) is 0 Å². The zero-order valence-electron chi connectivity index (χ0n) is 26.1. The summed E-state index contributed by atoms with van der Waals surface area (Å²) < 4.78 is 0. The van der Waals surface area contributed by atoms with Gasteiger partial charge in [0, 0.05) is 18.7 Å². The Morgan fingerprint density at radius 1 is 0.911 bits per heavy atom. The Kier molecular flexibility index (Phi) is 14.9. The number of nitrogens with two attached hydrogens (primary N) is 3. The Morgan fingerprint density at radius 3 is 2.09 bits per heavy atom. The number of hydrogen-bond acceptors (Lipinski definition) is 9. The molecule has 18 nitrogen and oxygen atoms in total. The van der Waals surface area contributed by atoms with Gasteiger partial charge in [-0.3, -0.25) is 29.0 Å². The van der Waals surface area contributed by atoms with E-state index in [0.29, 0.717) is 18.4 Å². The number of carboxylic acid groups (broad SMARTS) is 2. The summed E-state index contributed by atoms with van der Waals surface area (Å²) in [7, 11) is 0. The number of aliphatic carboxylic acids is 2. The fraction of sp³-hybridized carbons (Fsp3) is 0.667. The highest BCUT2D eigenvalue weighted by atomic mass is 16.5. The second-order valence-corrected chi connectivity index (χ2v) is 11.7. The van der Waals surface area contributed by atoms with Gasteiger partial charge in [0.25, 0.3) is 0 Å². The van der Waals surface area contributed by atoms with Gasteiger partial charge in [-0.15, -0.1) is 10.3 Å². The van der Waals surface area contributed by atoms with Gasteiger partial charge < -0.3 is 48.7 Å². The molecule has 0 bridgehead atoms. The molecule has 0 fully saturated rings. The number of carbonyl (C=O) groups is 6. The van der Waals surface area contributed by atoms with Crippen molar-refractivity contribution in [3.8, 4) is 0 Å². The van der Waals surface area contributed by atoms with Gasteiger partial charge in [-0.05, 0) is 59.8 Å². The molecular weight excluding hydrogens is 594 g/mol. The van der Waals surface area contributed by atoms with Gasteiger partial charge >= 0.3 is 11.9 Å². The van der Waals surface area contributed by atoms with Crippen LogP contribution in [-0.4, -0.2) is 106 Å². The van der Waals surface area contributed by atoms with Crippen LogP contribution in [0.3, 0.4) is 0 Å². The molecule has 0 aromatic heterocycles. The van der Waals surface area contributed by atoms with E-state index in [2.05, 4.69) is 20.9 Å². The molecule has 0 saturated heterocycles. The van der Waals surface area contributed by atoms with E-state index in [0.717, 1.165) is 5.06 Å². The van der Waals surface area contributed by atoms with E-state index in [1.807, 2.05) is 5.32 Å². The summed E-state index contributed by atoms with van der Waals surface area (Å²) in [4.78, 5) is 76.2. The molecule has 0 saturated carbocycles. The summed E-state index contributed by atoms with van der Waals surface area (Å²) in [6.45, 7) is 6.56. The quantitative estimate of drug-likeness (QED) is 0.0400. The molecule has 45 heavy (non-hydrogen) atoms. The van der Waals surface area contributed by atoms with Crippen LogP contribution in [0, 0.1) is 0 Å². The van der Waals surface area contributed by atoms with Crippen LogP contribution in [0.2, 0.25) is 0 Å². The lowest BCUT2D eigenvalue weighted by Crippen LogP contribution is -2.53. The molecule has 1 radical (unpaired) electrons. The summed E-state index contributed by atoms with van der Waals surface area (Å²) in [5.41, 5.74) is 15.2. The van der Waals surface area contributed by atoms with Crippen LogP contribution in [0.5, 0.6) is 0 Å². The Labute approximate surface area is 261 Å². The van der Waals surface area contributed by atoms with Gasteiger partial charge in [0.2, 0.25) is 23.6 Å². The number of carbonyl (C=O) groups excluding carboxylic acids is 4. The number of hydrogen-bond donors (Lipinski definition) is 9. The lowest BCUT2D eigenvalue weighted by atomic mass is 9.96. The highest BCUT2D eigenvalue weighted by Gasteiger charge is 2.48. The van der Waals surface area contributed by atoms with Crippen molar-refractivity contribution in [1.82, 2.24) is 26.3 Å². The number of nitrogens with zero attached hydrogens (tertiary/aromatic N) is 2. The molecule has 3 atom stereocenters. The molecule has 1 aliphatic rings. The van der Waals surface area contributed by atoms with E-state index < -0.39 is 71.8 Å². The summed E-state index contributed by atoms with van der Waals surface area (Å²) in [6, 6.07) is -3.85. The average Bonchev–Trinajstić information content (AvgIpc) is 3.10. The van der Waals surface area contributed by atoms with Gasteiger partial charge in [0.1, 0.15) is 12.1 Å². The monoisotopic (exact) mass is 640 g/mol. The largest absolute Gasteiger partial charge is 0.481 e. The maximum Gasteiger partial charge on any atom is 0.326 e. The number of unbranched alkanes of at least 4 members (excludes halogenated alkanes) is 1. The fourth-order valence-electron chi connectivity index (χ4n) is 4.64. The van der Waals surface area contributed by atoms with E-state index in [-0.39, 0.29) is 44.2 Å². The first-order valence-electron chi connectivity index (χ1n) is 14.4. The molecule has 0 spiro atoms. The smallest absolute Gasteiger partial charge is 0.326 e. The van der Waals surface area contributed by atoms with Gasteiger partial charge in [-0.2, -0.15) is 0 Å². The second-order valence-electron chi connectivity index (χ2n) is 11.7. The van der Waals surface area contributed by atoms with E-state index in [9.17, 15) is 34.0 Å². The molecular formula is C27H46N9O9. The van der Waals surface area contributed by atoms with Gasteiger partial charge in [-0.25, -0.2) is 4.79 Å². The van der Waals surface area contributed by atoms with Crippen molar-refractivity contribution in [1.29, 1.82) is 0 Å². The summed E-state index contributed by atoms with van der Waals surface area (Å²) in [5, 5.41) is 40.8. The first-order chi connectivity index (χ1) is 20.8. The predicted molar refractivity (Wildman–Crippen MR) is 160 cm³/mol. The number of guanidine groups is 1. The Morgan fingerprint density at radius 2 is 1.56 bits per heavy atom. The minimum atomic E-state index is -1.70. The Hall–Kier alpha value is -4.29. The number of carboxylic acids is 2. The zero-order chi connectivity index (χ0) is 34.5. The third-order valence-electron chi connectivity index (χ3n) is 7.01. The second kappa shape index (κ2) is 17.3. The van der Waals surface area contributed by atoms with Crippen LogP contribution in [0.4, 0.5) is 0 Å². The molecule has 1 heterocycles. The van der Waals surface area contributed by atoms with Crippen molar-refractivity contribution in [3.05, 3.63) is 11.6 Å². The van der Waals surface area contributed by atoms with Crippen molar-refractivity contribution in [2.45, 2.75) is 95.4 Å². The lowest BCUT2D eigenvalue weighted by molar-refractivity contribution is -0.238. The highest BCUT2D eigenvalue weighted by Crippen LogP contribution is 2.38. The van der Waals surface area contributed by atoms with Gasteiger partial charge in [0.15, 0.2) is 5.96 Å². The number of amides is 4. The zero-order valence-corrected chi connectivity index (χ0v) is 26.1. The van der Waals surface area contributed by atoms with Crippen molar-refractivity contribution in [2.24, 2.45) is 22.2 Å². The van der Waals surface area contributed by atoms with Crippen LogP contribution >= 0.6 is 0 Å². The number of rotatable bonds is 19. The standard InChI is InChI=1S/C27H46N9O9/c1-26(2)13-15(27(3,4)36(26)45)21(40)31-10-6-5-8-16(28)22(41)35-17(9-7-11-32-25(29)30)23(42)33-14-19(37)34-18(24(43)44)12-20(38)39/h13,16-18H,5-12,14,28H2,1-4H3,(H,31,40)(H,33,42)(H,34,37)(H,35,41)(H,38,39)(H,43,44)(H4,29,30,32)/t16-,17-,18-/m0/s1. The maximum atomic E-state index is 12.8. The van der Waals surface area contributed by atoms with Crippen molar-refractivity contribution in [3.63, 3.8) is 0 Å². The number of hydroxylamine groups is 2. The molecule has 1 aliphatic heterocycles. The first kappa shape index (κ1) is 38.7. The van der Waals surface area contributed by atoms with Gasteiger partial charge in [-0.1, -0.05) is 6.08 Å². The van der Waals surface area contributed by atoms with E-state index in [1.165, 1.54) is 0 Å². The van der Waals surface area contributed by atoms with Crippen LogP contribution in [-0.2, 0) is 34.0 Å². The first-order valence-corrected chi connectivity index (χ1v) is 14.4. The molecule has 12 N–H and O–H groups in total. The van der Waals surface area contributed by atoms with E-state index in [4.69, 9.17) is 27.4 Å². The fourth-order valence-corrected chi connectivity index (χ4v) is 4.64. The SMILES string of the molecule is CC1(C)C=C(C(=O)NCCCC[C@H](N)C(=O)N[C@@H](CCCN=C(N)N)C(=O)NCC(=O)N[C@@H](CC(=O)O)C(=O)O)C(C)(C)N1[O]. The Balaban J connectivity index is 2.65. The molecule has 253 valence electrons. The lowest BCUT2D eigenvalue weighted by Gasteiger charge is -2.33. The summed E-state index contributed by atoms with van der Waals surface area (Å²) in [6.07, 6.45) is 2.29. The summed E-state index contributed by atoms with van der Waals surface area (Å²) >= 11 is 0. The minimum absolute atomic E-state index is 0.0648. The molecule has 18 heteroatoms. The highest BCUT2D eigenvalue weighted by molar-refractivity contribution is 5.96. The van der Waals surface area contributed by atoms with Crippen LogP contribution < -0.4 is 38.5 Å². The van der Waals surface area contributed by atoms with Crippen LogP contribution in [0.1, 0.15) is 66.2 Å². The normalized spacial score (nSPS) is 17.2. The average molecular weight is 641 g/mol. The van der Waals surface area contributed by atoms with Crippen molar-refractivity contribution in [2.75, 3.05) is 19.6 Å². The molecule has 4 amide bonds. The third-order valence-corrected chi connectivity index (χ3v) is 7.01. The number of nitrogens with one attached hydrogen (secondary N) is 4. The van der Waals surface area contributed by atoms with Crippen molar-refractivity contribution < 1.29 is 44.2 Å². The number of aliphatic imine (C=N–C) groups is 1. The third kappa shape index (κ3) is 12.7. The molecule has 0 unspecified atom stereocenters. The predicted octanol–water partition coefficient (Wildman–Crippen LogP) is -2.56. The molecule has 0 aliphatic carbocycles. The molecule has 0 aromatic rings. The van der Waals surface area contributed by atoms with Crippen molar-refractivity contribution >= 4 is 41.5 Å².